The highest BCUT2D eigenvalue weighted by molar-refractivity contribution is 5.48. The van der Waals surface area contributed by atoms with Crippen molar-refractivity contribution in [2.45, 2.75) is 31.7 Å². The Hall–Kier alpha value is -1.22. The molecule has 0 radical (unpaired) electrons. The Labute approximate surface area is 116 Å². The summed E-state index contributed by atoms with van der Waals surface area (Å²) in [6.07, 6.45) is 5.55. The number of hydrogen-bond acceptors (Lipinski definition) is 3. The number of nitrogens with one attached hydrogen (secondary N) is 1. The maximum atomic E-state index is 5.20. The summed E-state index contributed by atoms with van der Waals surface area (Å²) >= 11 is 0. The average Bonchev–Trinajstić information content (AvgIpc) is 2.98. The molecule has 1 N–H and O–H groups in total. The van der Waals surface area contributed by atoms with Crippen molar-refractivity contribution in [1.82, 2.24) is 5.32 Å². The molecule has 19 heavy (non-hydrogen) atoms. The summed E-state index contributed by atoms with van der Waals surface area (Å²) in [4.78, 5) is 2.33. The third-order valence-corrected chi connectivity index (χ3v) is 4.32. The molecule has 1 saturated carbocycles. The highest BCUT2D eigenvalue weighted by Gasteiger charge is 2.24. The van der Waals surface area contributed by atoms with Gasteiger partial charge in [-0.15, -0.1) is 0 Å². The molecule has 0 aliphatic heterocycles. The molecule has 106 valence electrons. The summed E-state index contributed by atoms with van der Waals surface area (Å²) in [5, 5.41) is 3.50. The molecule has 2 rings (SSSR count). The lowest BCUT2D eigenvalue weighted by Gasteiger charge is -2.29. The molecule has 0 amide bonds. The molecule has 1 aromatic rings. The Morgan fingerprint density at radius 2 is 1.89 bits per heavy atom. The van der Waals surface area contributed by atoms with E-state index < -0.39 is 0 Å². The first-order valence-corrected chi connectivity index (χ1v) is 7.27. The molecule has 1 aromatic carbocycles. The summed E-state index contributed by atoms with van der Waals surface area (Å²) in [7, 11) is 5.96. The van der Waals surface area contributed by atoms with Gasteiger partial charge >= 0.3 is 0 Å². The van der Waals surface area contributed by atoms with E-state index in [1.54, 1.807) is 7.11 Å². The zero-order valence-corrected chi connectivity index (χ0v) is 12.4. The first-order valence-electron chi connectivity index (χ1n) is 7.27. The van der Waals surface area contributed by atoms with Crippen molar-refractivity contribution in [1.29, 1.82) is 0 Å². The minimum atomic E-state index is 0.592. The predicted octanol–water partition coefficient (Wildman–Crippen LogP) is 2.91. The van der Waals surface area contributed by atoms with Gasteiger partial charge in [-0.2, -0.15) is 0 Å². The second-order valence-corrected chi connectivity index (χ2v) is 5.52. The minimum absolute atomic E-state index is 0.592. The van der Waals surface area contributed by atoms with E-state index in [4.69, 9.17) is 4.74 Å². The third kappa shape index (κ3) is 3.63. The molecule has 1 aliphatic rings. The fourth-order valence-electron chi connectivity index (χ4n) is 3.07. The van der Waals surface area contributed by atoms with Gasteiger partial charge in [0.25, 0.3) is 0 Å². The molecule has 1 fully saturated rings. The number of likely N-dealkylation sites (N-methyl/N-ethyl adjacent to an activating group) is 2. The number of ether oxygens (including phenoxy) is 1. The van der Waals surface area contributed by atoms with Gasteiger partial charge in [-0.1, -0.05) is 12.8 Å². The van der Waals surface area contributed by atoms with Gasteiger partial charge in [0.2, 0.25) is 0 Å². The summed E-state index contributed by atoms with van der Waals surface area (Å²) in [6, 6.07) is 8.89. The number of hydrogen-bond donors (Lipinski definition) is 1. The van der Waals surface area contributed by atoms with Crippen molar-refractivity contribution in [2.24, 2.45) is 5.92 Å². The van der Waals surface area contributed by atoms with Crippen LogP contribution in [0.25, 0.3) is 0 Å². The highest BCUT2D eigenvalue weighted by Crippen LogP contribution is 2.28. The molecule has 0 aromatic heterocycles. The van der Waals surface area contributed by atoms with Crippen molar-refractivity contribution < 1.29 is 4.74 Å². The van der Waals surface area contributed by atoms with E-state index in [1.807, 2.05) is 12.1 Å². The van der Waals surface area contributed by atoms with Crippen LogP contribution in [0.1, 0.15) is 25.7 Å². The Kier molecular flexibility index (Phi) is 5.08. The highest BCUT2D eigenvalue weighted by atomic mass is 16.5. The van der Waals surface area contributed by atoms with Gasteiger partial charge in [0.05, 0.1) is 7.11 Å². The summed E-state index contributed by atoms with van der Waals surface area (Å²) in [6.45, 7) is 1.06. The lowest BCUT2D eigenvalue weighted by molar-refractivity contribution is 0.382. The summed E-state index contributed by atoms with van der Waals surface area (Å²) < 4.78 is 5.20. The normalized spacial score (nSPS) is 17.4. The van der Waals surface area contributed by atoms with Crippen LogP contribution in [-0.4, -0.2) is 33.8 Å². The molecular weight excluding hydrogens is 236 g/mol. The van der Waals surface area contributed by atoms with E-state index in [1.165, 1.54) is 31.4 Å². The van der Waals surface area contributed by atoms with Gasteiger partial charge in [-0.05, 0) is 50.1 Å². The topological polar surface area (TPSA) is 24.5 Å². The molecule has 1 aliphatic carbocycles. The molecule has 0 spiro atoms. The number of anilines is 1. The quantitative estimate of drug-likeness (QED) is 0.853. The van der Waals surface area contributed by atoms with Gasteiger partial charge in [-0.3, -0.25) is 0 Å². The Morgan fingerprint density at radius 1 is 1.26 bits per heavy atom. The minimum Gasteiger partial charge on any atom is -0.497 e. The Morgan fingerprint density at radius 3 is 2.42 bits per heavy atom. The smallest absolute Gasteiger partial charge is 0.119 e. The summed E-state index contributed by atoms with van der Waals surface area (Å²) in [5.41, 5.74) is 1.25. The Bertz CT molecular complexity index is 371. The SMILES string of the molecule is CNC(CN(C)c1ccc(OC)cc1)C1CCCC1. The maximum absolute atomic E-state index is 5.20. The van der Waals surface area contributed by atoms with Gasteiger partial charge in [-0.25, -0.2) is 0 Å². The molecule has 0 saturated heterocycles. The van der Waals surface area contributed by atoms with Gasteiger partial charge in [0, 0.05) is 25.3 Å². The summed E-state index contributed by atoms with van der Waals surface area (Å²) in [5.74, 6) is 1.75. The van der Waals surface area contributed by atoms with Crippen LogP contribution in [0.5, 0.6) is 5.75 Å². The zero-order valence-electron chi connectivity index (χ0n) is 12.4. The number of methoxy groups -OCH3 is 1. The number of nitrogens with zero attached hydrogens (tertiary/aromatic N) is 1. The second kappa shape index (κ2) is 6.80. The van der Waals surface area contributed by atoms with Crippen LogP contribution in [0.15, 0.2) is 24.3 Å². The average molecular weight is 262 g/mol. The fraction of sp³-hybridized carbons (Fsp3) is 0.625. The third-order valence-electron chi connectivity index (χ3n) is 4.32. The standard InChI is InChI=1S/C16H26N2O/c1-17-16(13-6-4-5-7-13)12-18(2)14-8-10-15(19-3)11-9-14/h8-11,13,16-17H,4-7,12H2,1-3H3. The lowest BCUT2D eigenvalue weighted by atomic mass is 9.97. The van der Waals surface area contributed by atoms with Crippen molar-refractivity contribution in [3.05, 3.63) is 24.3 Å². The monoisotopic (exact) mass is 262 g/mol. The van der Waals surface area contributed by atoms with Crippen LogP contribution in [0, 0.1) is 5.92 Å². The van der Waals surface area contributed by atoms with E-state index in [2.05, 4.69) is 36.4 Å². The van der Waals surface area contributed by atoms with Crippen LogP contribution in [0.3, 0.4) is 0 Å². The molecule has 3 heteroatoms. The molecule has 0 heterocycles. The van der Waals surface area contributed by atoms with Crippen molar-refractivity contribution in [2.75, 3.05) is 32.6 Å². The first-order chi connectivity index (χ1) is 9.24. The largest absolute Gasteiger partial charge is 0.497 e. The van der Waals surface area contributed by atoms with Crippen LogP contribution in [-0.2, 0) is 0 Å². The molecule has 3 nitrogen and oxygen atoms in total. The number of rotatable bonds is 6. The lowest BCUT2D eigenvalue weighted by Crippen LogP contribution is -2.42. The second-order valence-electron chi connectivity index (χ2n) is 5.52. The Balaban J connectivity index is 1.95. The zero-order chi connectivity index (χ0) is 13.7. The predicted molar refractivity (Wildman–Crippen MR) is 81.1 cm³/mol. The van der Waals surface area contributed by atoms with E-state index >= 15 is 0 Å². The van der Waals surface area contributed by atoms with Crippen LogP contribution in [0.4, 0.5) is 5.69 Å². The maximum Gasteiger partial charge on any atom is 0.119 e. The van der Waals surface area contributed by atoms with Crippen molar-refractivity contribution >= 4 is 5.69 Å². The van der Waals surface area contributed by atoms with Crippen LogP contribution in [0.2, 0.25) is 0 Å². The van der Waals surface area contributed by atoms with Crippen LogP contribution < -0.4 is 15.0 Å². The van der Waals surface area contributed by atoms with Gasteiger partial charge in [0.15, 0.2) is 0 Å². The van der Waals surface area contributed by atoms with E-state index in [-0.39, 0.29) is 0 Å². The molecular formula is C16H26N2O. The fourth-order valence-corrected chi connectivity index (χ4v) is 3.07. The molecule has 1 unspecified atom stereocenters. The van der Waals surface area contributed by atoms with Crippen molar-refractivity contribution in [3.8, 4) is 5.75 Å². The molecule has 1 atom stereocenters. The van der Waals surface area contributed by atoms with Crippen LogP contribution >= 0.6 is 0 Å². The van der Waals surface area contributed by atoms with Gasteiger partial charge < -0.3 is 15.0 Å². The molecule has 0 bridgehead atoms. The van der Waals surface area contributed by atoms with Crippen molar-refractivity contribution in [3.63, 3.8) is 0 Å². The van der Waals surface area contributed by atoms with E-state index in [0.29, 0.717) is 6.04 Å². The van der Waals surface area contributed by atoms with E-state index in [0.717, 1.165) is 18.2 Å². The first kappa shape index (κ1) is 14.2. The van der Waals surface area contributed by atoms with Gasteiger partial charge in [0.1, 0.15) is 5.75 Å². The number of benzene rings is 1. The van der Waals surface area contributed by atoms with E-state index in [9.17, 15) is 0 Å².